The first kappa shape index (κ1) is 15.6. The quantitative estimate of drug-likeness (QED) is 0.895. The molecule has 2 N–H and O–H groups in total. The number of amides is 1. The van der Waals surface area contributed by atoms with Gasteiger partial charge in [0.15, 0.2) is 0 Å². The fraction of sp³-hybridized carbons (Fsp3) is 0.533. The van der Waals surface area contributed by atoms with Crippen LogP contribution in [0.15, 0.2) is 18.2 Å². The van der Waals surface area contributed by atoms with E-state index in [1.807, 2.05) is 0 Å². The van der Waals surface area contributed by atoms with E-state index >= 15 is 0 Å². The van der Waals surface area contributed by atoms with Gasteiger partial charge in [-0.1, -0.05) is 48.5 Å². The zero-order valence-electron chi connectivity index (χ0n) is 11.3. The van der Waals surface area contributed by atoms with Gasteiger partial charge >= 0.3 is 0 Å². The molecule has 1 saturated carbocycles. The van der Waals surface area contributed by atoms with Crippen molar-refractivity contribution in [3.05, 3.63) is 33.8 Å². The molecule has 0 radical (unpaired) electrons. The zero-order valence-corrected chi connectivity index (χ0v) is 12.8. The van der Waals surface area contributed by atoms with Crippen LogP contribution >= 0.6 is 23.2 Å². The average molecular weight is 316 g/mol. The van der Waals surface area contributed by atoms with Crippen LogP contribution in [0.3, 0.4) is 0 Å². The van der Waals surface area contributed by atoms with Gasteiger partial charge in [-0.05, 0) is 30.5 Å². The Bertz CT molecular complexity index is 485. The summed E-state index contributed by atoms with van der Waals surface area (Å²) in [6.45, 7) is 0.327. The van der Waals surface area contributed by atoms with Crippen molar-refractivity contribution in [2.75, 3.05) is 6.54 Å². The monoisotopic (exact) mass is 315 g/mol. The van der Waals surface area contributed by atoms with Gasteiger partial charge in [-0.3, -0.25) is 4.79 Å². The minimum atomic E-state index is -0.731. The third kappa shape index (κ3) is 4.37. The standard InChI is InChI=1S/C15H19Cl2NO2/c16-12-5-4-11(8-13(12)17)9-14(19)18-10-15(20)6-2-1-3-7-15/h4-5,8,20H,1-3,6-7,9-10H2,(H,18,19). The highest BCUT2D eigenvalue weighted by atomic mass is 35.5. The average Bonchev–Trinajstić information content (AvgIpc) is 2.42. The molecule has 0 atom stereocenters. The maximum absolute atomic E-state index is 11.9. The number of carbonyl (C=O) groups is 1. The molecule has 3 nitrogen and oxygen atoms in total. The Hall–Kier alpha value is -0.770. The Labute approximate surface area is 129 Å². The van der Waals surface area contributed by atoms with Gasteiger partial charge in [0.25, 0.3) is 0 Å². The van der Waals surface area contributed by atoms with Gasteiger partial charge < -0.3 is 10.4 Å². The second-order valence-electron chi connectivity index (χ2n) is 5.49. The Balaban J connectivity index is 1.84. The summed E-state index contributed by atoms with van der Waals surface area (Å²) in [6.07, 6.45) is 4.99. The molecule has 1 fully saturated rings. The van der Waals surface area contributed by atoms with Crippen molar-refractivity contribution in [1.82, 2.24) is 5.32 Å². The van der Waals surface area contributed by atoms with Crippen LogP contribution < -0.4 is 5.32 Å². The number of rotatable bonds is 4. The molecule has 110 valence electrons. The van der Waals surface area contributed by atoms with E-state index in [-0.39, 0.29) is 12.3 Å². The third-order valence-corrected chi connectivity index (χ3v) is 4.49. The number of hydrogen-bond donors (Lipinski definition) is 2. The first-order valence-electron chi connectivity index (χ1n) is 6.92. The Kier molecular flexibility index (Phi) is 5.30. The van der Waals surface area contributed by atoms with Crippen molar-refractivity contribution in [2.24, 2.45) is 0 Å². The van der Waals surface area contributed by atoms with Gasteiger partial charge in [-0.25, -0.2) is 0 Å². The lowest BCUT2D eigenvalue weighted by atomic mass is 9.85. The SMILES string of the molecule is O=C(Cc1ccc(Cl)c(Cl)c1)NCC1(O)CCCCC1. The van der Waals surface area contributed by atoms with Gasteiger partial charge in [0, 0.05) is 6.54 Å². The Morgan fingerprint density at radius 2 is 1.90 bits per heavy atom. The van der Waals surface area contributed by atoms with Crippen LogP contribution in [0.1, 0.15) is 37.7 Å². The van der Waals surface area contributed by atoms with Gasteiger partial charge in [-0.2, -0.15) is 0 Å². The molecule has 20 heavy (non-hydrogen) atoms. The minimum Gasteiger partial charge on any atom is -0.388 e. The number of aliphatic hydroxyl groups is 1. The lowest BCUT2D eigenvalue weighted by Crippen LogP contribution is -2.44. The van der Waals surface area contributed by atoms with Gasteiger partial charge in [0.05, 0.1) is 22.1 Å². The molecule has 1 aliphatic rings. The molecule has 0 saturated heterocycles. The summed E-state index contributed by atoms with van der Waals surface area (Å²) in [5, 5.41) is 14.1. The van der Waals surface area contributed by atoms with Crippen molar-refractivity contribution in [2.45, 2.75) is 44.1 Å². The molecule has 2 rings (SSSR count). The number of halogens is 2. The predicted molar refractivity (Wildman–Crippen MR) is 81.2 cm³/mol. The molecule has 0 bridgehead atoms. The van der Waals surface area contributed by atoms with Crippen LogP contribution in [0.2, 0.25) is 10.0 Å². The van der Waals surface area contributed by atoms with Gasteiger partial charge in [0.1, 0.15) is 0 Å². The van der Waals surface area contributed by atoms with Gasteiger partial charge in [-0.15, -0.1) is 0 Å². The zero-order chi connectivity index (χ0) is 14.6. The molecule has 0 aliphatic heterocycles. The summed E-state index contributed by atoms with van der Waals surface area (Å²) < 4.78 is 0. The fourth-order valence-corrected chi connectivity index (χ4v) is 2.87. The predicted octanol–water partition coefficient (Wildman–Crippen LogP) is 3.35. The number of hydrogen-bond acceptors (Lipinski definition) is 2. The van der Waals surface area contributed by atoms with E-state index in [1.54, 1.807) is 18.2 Å². The molecule has 0 spiro atoms. The summed E-state index contributed by atoms with van der Waals surface area (Å²) in [6, 6.07) is 5.16. The second kappa shape index (κ2) is 6.79. The molecule has 1 aliphatic carbocycles. The van der Waals surface area contributed by atoms with E-state index in [9.17, 15) is 9.90 Å². The molecular formula is C15H19Cl2NO2. The molecule has 1 aromatic carbocycles. The van der Waals surface area contributed by atoms with Crippen LogP contribution in [-0.2, 0) is 11.2 Å². The molecular weight excluding hydrogens is 297 g/mol. The summed E-state index contributed by atoms with van der Waals surface area (Å²) >= 11 is 11.7. The number of nitrogens with one attached hydrogen (secondary N) is 1. The lowest BCUT2D eigenvalue weighted by Gasteiger charge is -2.32. The highest BCUT2D eigenvalue weighted by Crippen LogP contribution is 2.27. The number of carbonyl (C=O) groups excluding carboxylic acids is 1. The van der Waals surface area contributed by atoms with Gasteiger partial charge in [0.2, 0.25) is 5.91 Å². The van der Waals surface area contributed by atoms with E-state index in [1.165, 1.54) is 6.42 Å². The second-order valence-corrected chi connectivity index (χ2v) is 6.30. The van der Waals surface area contributed by atoms with Crippen molar-refractivity contribution < 1.29 is 9.90 Å². The molecule has 1 amide bonds. The topological polar surface area (TPSA) is 49.3 Å². The van der Waals surface area contributed by atoms with Crippen LogP contribution in [0.25, 0.3) is 0 Å². The largest absolute Gasteiger partial charge is 0.388 e. The summed E-state index contributed by atoms with van der Waals surface area (Å²) in [5.41, 5.74) is 0.0819. The maximum atomic E-state index is 11.9. The normalized spacial score (nSPS) is 17.8. The van der Waals surface area contributed by atoms with E-state index in [0.29, 0.717) is 16.6 Å². The molecule has 1 aromatic rings. The summed E-state index contributed by atoms with van der Waals surface area (Å²) in [4.78, 5) is 11.9. The van der Waals surface area contributed by atoms with E-state index in [4.69, 9.17) is 23.2 Å². The van der Waals surface area contributed by atoms with E-state index < -0.39 is 5.60 Å². The summed E-state index contributed by atoms with van der Waals surface area (Å²) in [5.74, 6) is -0.109. The van der Waals surface area contributed by atoms with Crippen LogP contribution in [0.5, 0.6) is 0 Å². The van der Waals surface area contributed by atoms with Crippen molar-refractivity contribution >= 4 is 29.1 Å². The maximum Gasteiger partial charge on any atom is 0.224 e. The smallest absolute Gasteiger partial charge is 0.224 e. The van der Waals surface area contributed by atoms with E-state index in [2.05, 4.69) is 5.32 Å². The lowest BCUT2D eigenvalue weighted by molar-refractivity contribution is -0.122. The molecule has 0 aromatic heterocycles. The highest BCUT2D eigenvalue weighted by Gasteiger charge is 2.29. The van der Waals surface area contributed by atoms with E-state index in [0.717, 1.165) is 31.2 Å². The Morgan fingerprint density at radius 1 is 1.20 bits per heavy atom. The molecule has 5 heteroatoms. The summed E-state index contributed by atoms with van der Waals surface area (Å²) in [7, 11) is 0. The number of benzene rings is 1. The third-order valence-electron chi connectivity index (χ3n) is 3.75. The Morgan fingerprint density at radius 3 is 2.55 bits per heavy atom. The van der Waals surface area contributed by atoms with Crippen LogP contribution in [0, 0.1) is 0 Å². The van der Waals surface area contributed by atoms with Crippen molar-refractivity contribution in [3.63, 3.8) is 0 Å². The van der Waals surface area contributed by atoms with Crippen molar-refractivity contribution in [1.29, 1.82) is 0 Å². The first-order chi connectivity index (χ1) is 9.48. The van der Waals surface area contributed by atoms with Crippen molar-refractivity contribution in [3.8, 4) is 0 Å². The highest BCUT2D eigenvalue weighted by molar-refractivity contribution is 6.42. The molecule has 0 heterocycles. The first-order valence-corrected chi connectivity index (χ1v) is 7.67. The van der Waals surface area contributed by atoms with Crippen LogP contribution in [0.4, 0.5) is 0 Å². The molecule has 0 unspecified atom stereocenters. The minimum absolute atomic E-state index is 0.109. The fourth-order valence-electron chi connectivity index (χ4n) is 2.55. The van der Waals surface area contributed by atoms with Crippen LogP contribution in [-0.4, -0.2) is 23.2 Å².